The van der Waals surface area contributed by atoms with Gasteiger partial charge in [-0.15, -0.1) is 24.0 Å². The first-order valence-electron chi connectivity index (χ1n) is 6.38. The van der Waals surface area contributed by atoms with E-state index in [2.05, 4.69) is 36.4 Å². The van der Waals surface area contributed by atoms with Crippen LogP contribution in [-0.4, -0.2) is 37.8 Å². The molecule has 17 heavy (non-hydrogen) atoms. The van der Waals surface area contributed by atoms with Gasteiger partial charge >= 0.3 is 0 Å². The molecule has 1 aliphatic rings. The predicted octanol–water partition coefficient (Wildman–Crippen LogP) is 2.14. The van der Waals surface area contributed by atoms with Crippen molar-refractivity contribution in [1.82, 2.24) is 10.6 Å². The molecular weight excluding hydrogens is 329 g/mol. The Morgan fingerprint density at radius 3 is 2.65 bits per heavy atom. The topological polar surface area (TPSA) is 45.7 Å². The normalized spacial score (nSPS) is 15.6. The van der Waals surface area contributed by atoms with Crippen LogP contribution in [-0.2, 0) is 4.74 Å². The molecule has 1 rings (SSSR count). The van der Waals surface area contributed by atoms with Crippen molar-refractivity contribution in [3.63, 3.8) is 0 Å². The van der Waals surface area contributed by atoms with E-state index >= 15 is 0 Å². The summed E-state index contributed by atoms with van der Waals surface area (Å²) < 4.78 is 5.47. The van der Waals surface area contributed by atoms with Crippen molar-refractivity contribution < 1.29 is 4.74 Å². The van der Waals surface area contributed by atoms with E-state index in [4.69, 9.17) is 4.74 Å². The lowest BCUT2D eigenvalue weighted by Gasteiger charge is -2.10. The zero-order valence-corrected chi connectivity index (χ0v) is 13.5. The quantitative estimate of drug-likeness (QED) is 0.318. The van der Waals surface area contributed by atoms with Gasteiger partial charge in [0.05, 0.1) is 6.10 Å². The van der Waals surface area contributed by atoms with Gasteiger partial charge < -0.3 is 15.4 Å². The van der Waals surface area contributed by atoms with Crippen LogP contribution in [0.15, 0.2) is 4.99 Å². The van der Waals surface area contributed by atoms with E-state index in [1.165, 1.54) is 12.8 Å². The first-order chi connectivity index (χ1) is 7.72. The third kappa shape index (κ3) is 9.64. The van der Waals surface area contributed by atoms with Gasteiger partial charge in [0.15, 0.2) is 5.96 Å². The van der Waals surface area contributed by atoms with E-state index in [9.17, 15) is 0 Å². The van der Waals surface area contributed by atoms with Crippen LogP contribution in [0.3, 0.4) is 0 Å². The summed E-state index contributed by atoms with van der Waals surface area (Å²) in [6, 6.07) is 0.657. The fraction of sp³-hybridized carbons (Fsp3) is 0.917. The van der Waals surface area contributed by atoms with Crippen LogP contribution in [0.4, 0.5) is 0 Å². The van der Waals surface area contributed by atoms with Gasteiger partial charge in [-0.25, -0.2) is 0 Å². The Morgan fingerprint density at radius 2 is 2.12 bits per heavy atom. The molecule has 0 radical (unpaired) electrons. The summed E-state index contributed by atoms with van der Waals surface area (Å²) in [6.45, 7) is 8.75. The molecule has 0 atom stereocenters. The first kappa shape index (κ1) is 17.0. The maximum Gasteiger partial charge on any atom is 0.191 e. The van der Waals surface area contributed by atoms with Crippen molar-refractivity contribution in [2.24, 2.45) is 4.99 Å². The highest BCUT2D eigenvalue weighted by atomic mass is 127. The second-order valence-corrected chi connectivity index (χ2v) is 4.45. The minimum atomic E-state index is 0. The molecule has 1 fully saturated rings. The van der Waals surface area contributed by atoms with Gasteiger partial charge in [0.2, 0.25) is 0 Å². The Balaban J connectivity index is 0.00000256. The molecule has 0 heterocycles. The molecule has 1 saturated carbocycles. The minimum absolute atomic E-state index is 0. The van der Waals surface area contributed by atoms with E-state index in [0.717, 1.165) is 32.1 Å². The zero-order chi connectivity index (χ0) is 11.8. The van der Waals surface area contributed by atoms with E-state index in [-0.39, 0.29) is 24.0 Å². The standard InChI is InChI=1S/C12H25N3O.HI/c1-4-13-12(15-11-6-7-11)14-8-5-9-16-10(2)3;/h10-11H,4-9H2,1-3H3,(H2,13,14,15);1H. The minimum Gasteiger partial charge on any atom is -0.379 e. The second kappa shape index (κ2) is 9.94. The van der Waals surface area contributed by atoms with Crippen molar-refractivity contribution in [3.8, 4) is 0 Å². The third-order valence-corrected chi connectivity index (χ3v) is 2.29. The predicted molar refractivity (Wildman–Crippen MR) is 83.3 cm³/mol. The number of ether oxygens (including phenoxy) is 1. The zero-order valence-electron chi connectivity index (χ0n) is 11.2. The molecule has 0 aliphatic heterocycles. The van der Waals surface area contributed by atoms with E-state index in [1.807, 2.05) is 0 Å². The van der Waals surface area contributed by atoms with Gasteiger partial charge in [0, 0.05) is 25.7 Å². The molecule has 0 spiro atoms. The molecule has 0 aromatic carbocycles. The monoisotopic (exact) mass is 355 g/mol. The Hall–Kier alpha value is -0.0400. The lowest BCUT2D eigenvalue weighted by Crippen LogP contribution is -2.38. The molecule has 4 nitrogen and oxygen atoms in total. The highest BCUT2D eigenvalue weighted by Crippen LogP contribution is 2.18. The number of nitrogens with zero attached hydrogens (tertiary/aromatic N) is 1. The van der Waals surface area contributed by atoms with Crippen LogP contribution in [0.2, 0.25) is 0 Å². The molecule has 0 unspecified atom stereocenters. The number of rotatable bonds is 7. The fourth-order valence-corrected chi connectivity index (χ4v) is 1.32. The van der Waals surface area contributed by atoms with Crippen molar-refractivity contribution in [3.05, 3.63) is 0 Å². The van der Waals surface area contributed by atoms with Crippen LogP contribution >= 0.6 is 24.0 Å². The van der Waals surface area contributed by atoms with Crippen molar-refractivity contribution in [2.75, 3.05) is 19.7 Å². The molecule has 0 aromatic heterocycles. The van der Waals surface area contributed by atoms with E-state index in [1.54, 1.807) is 0 Å². The number of aliphatic imine (C=N–C) groups is 1. The maximum atomic E-state index is 5.47. The molecule has 5 heteroatoms. The van der Waals surface area contributed by atoms with Crippen LogP contribution in [0.5, 0.6) is 0 Å². The molecular formula is C12H26IN3O. The van der Waals surface area contributed by atoms with Gasteiger partial charge in [0.1, 0.15) is 0 Å². The highest BCUT2D eigenvalue weighted by molar-refractivity contribution is 14.0. The average molecular weight is 355 g/mol. The summed E-state index contributed by atoms with van der Waals surface area (Å²) in [5, 5.41) is 6.64. The molecule has 0 aromatic rings. The molecule has 2 N–H and O–H groups in total. The summed E-state index contributed by atoms with van der Waals surface area (Å²) in [6.07, 6.45) is 3.86. The van der Waals surface area contributed by atoms with Crippen LogP contribution < -0.4 is 10.6 Å². The number of guanidine groups is 1. The number of hydrogen-bond donors (Lipinski definition) is 2. The summed E-state index contributed by atoms with van der Waals surface area (Å²) in [5.41, 5.74) is 0. The second-order valence-electron chi connectivity index (χ2n) is 4.45. The Bertz CT molecular complexity index is 218. The Kier molecular flexibility index (Phi) is 9.91. The summed E-state index contributed by atoms with van der Waals surface area (Å²) in [4.78, 5) is 4.50. The third-order valence-electron chi connectivity index (χ3n) is 2.29. The Morgan fingerprint density at radius 1 is 1.41 bits per heavy atom. The molecule has 0 amide bonds. The molecule has 102 valence electrons. The van der Waals surface area contributed by atoms with Crippen LogP contribution in [0, 0.1) is 0 Å². The summed E-state index contributed by atoms with van der Waals surface area (Å²) >= 11 is 0. The maximum absolute atomic E-state index is 5.47. The van der Waals surface area contributed by atoms with Gasteiger partial charge in [-0.2, -0.15) is 0 Å². The number of hydrogen-bond acceptors (Lipinski definition) is 2. The van der Waals surface area contributed by atoms with Gasteiger partial charge in [-0.1, -0.05) is 0 Å². The van der Waals surface area contributed by atoms with E-state index < -0.39 is 0 Å². The SMILES string of the molecule is CCNC(=NCCCOC(C)C)NC1CC1.I. The first-order valence-corrected chi connectivity index (χ1v) is 6.38. The van der Waals surface area contributed by atoms with Crippen molar-refractivity contribution >= 4 is 29.9 Å². The van der Waals surface area contributed by atoms with Crippen molar-refractivity contribution in [2.45, 2.75) is 52.2 Å². The van der Waals surface area contributed by atoms with Crippen molar-refractivity contribution in [1.29, 1.82) is 0 Å². The average Bonchev–Trinajstić information content (AvgIpc) is 3.01. The largest absolute Gasteiger partial charge is 0.379 e. The lowest BCUT2D eigenvalue weighted by atomic mass is 10.4. The summed E-state index contributed by atoms with van der Waals surface area (Å²) in [5.74, 6) is 0.953. The Labute approximate surface area is 122 Å². The van der Waals surface area contributed by atoms with Crippen LogP contribution in [0.25, 0.3) is 0 Å². The highest BCUT2D eigenvalue weighted by Gasteiger charge is 2.21. The van der Waals surface area contributed by atoms with Gasteiger partial charge in [-0.05, 0) is 40.0 Å². The van der Waals surface area contributed by atoms with Gasteiger partial charge in [0.25, 0.3) is 0 Å². The van der Waals surface area contributed by atoms with Gasteiger partial charge in [-0.3, -0.25) is 4.99 Å². The lowest BCUT2D eigenvalue weighted by molar-refractivity contribution is 0.0782. The fourth-order valence-electron chi connectivity index (χ4n) is 1.32. The smallest absolute Gasteiger partial charge is 0.191 e. The molecule has 0 bridgehead atoms. The van der Waals surface area contributed by atoms with E-state index in [0.29, 0.717) is 12.1 Å². The summed E-state index contributed by atoms with van der Waals surface area (Å²) in [7, 11) is 0. The molecule has 1 aliphatic carbocycles. The number of nitrogens with one attached hydrogen (secondary N) is 2. The molecule has 0 saturated heterocycles. The number of halogens is 1. The van der Waals surface area contributed by atoms with Crippen LogP contribution in [0.1, 0.15) is 40.0 Å².